The van der Waals surface area contributed by atoms with Gasteiger partial charge < -0.3 is 9.80 Å². The summed E-state index contributed by atoms with van der Waals surface area (Å²) in [4.78, 5) is 9.06. The third-order valence-corrected chi connectivity index (χ3v) is 3.85. The molecule has 0 aromatic carbocycles. The van der Waals surface area contributed by atoms with Crippen LogP contribution in [0.3, 0.4) is 0 Å². The van der Waals surface area contributed by atoms with Crippen molar-refractivity contribution in [2.24, 2.45) is 0 Å². The lowest BCUT2D eigenvalue weighted by atomic mass is 10.2. The Labute approximate surface area is 112 Å². The monoisotopic (exact) mass is 273 g/mol. The highest BCUT2D eigenvalue weighted by atomic mass is 35.5. The van der Waals surface area contributed by atoms with E-state index in [1.165, 1.54) is 6.42 Å². The minimum Gasteiger partial charge on any atom is -0.355 e. The summed E-state index contributed by atoms with van der Waals surface area (Å²) in [5.41, 5.74) is 0.763. The Morgan fingerprint density at radius 2 is 2.24 bits per heavy atom. The minimum absolute atomic E-state index is 0.359. The number of hydrogen-bond acceptors (Lipinski definition) is 3. The van der Waals surface area contributed by atoms with Gasteiger partial charge in [-0.25, -0.2) is 4.98 Å². The highest BCUT2D eigenvalue weighted by Gasteiger charge is 2.25. The molecule has 0 aliphatic carbocycles. The number of likely N-dealkylation sites (N-methyl/N-ethyl adjacent to an activating group) is 1. The lowest BCUT2D eigenvalue weighted by Gasteiger charge is -2.21. The maximum atomic E-state index is 6.01. The third kappa shape index (κ3) is 2.84. The number of rotatable bonds is 3. The van der Waals surface area contributed by atoms with Crippen molar-refractivity contribution in [3.63, 3.8) is 0 Å². The van der Waals surface area contributed by atoms with Crippen LogP contribution in [0, 0.1) is 0 Å². The number of aromatic nitrogens is 1. The summed E-state index contributed by atoms with van der Waals surface area (Å²) in [7, 11) is 4.24. The molecule has 1 atom stereocenters. The van der Waals surface area contributed by atoms with E-state index >= 15 is 0 Å². The summed E-state index contributed by atoms with van der Waals surface area (Å²) < 4.78 is 0. The summed E-state index contributed by atoms with van der Waals surface area (Å²) in [5.74, 6) is 1.34. The summed E-state index contributed by atoms with van der Waals surface area (Å²) in [6.45, 7) is 2.06. The van der Waals surface area contributed by atoms with Gasteiger partial charge in [-0.3, -0.25) is 0 Å². The summed E-state index contributed by atoms with van der Waals surface area (Å²) in [6.07, 6.45) is 1.17. The van der Waals surface area contributed by atoms with E-state index in [-0.39, 0.29) is 0 Å². The molecule has 0 radical (unpaired) electrons. The van der Waals surface area contributed by atoms with E-state index in [0.717, 1.165) is 24.6 Å². The first-order valence-corrected chi connectivity index (χ1v) is 6.66. The second-order valence-electron chi connectivity index (χ2n) is 4.58. The molecule has 17 heavy (non-hydrogen) atoms. The van der Waals surface area contributed by atoms with E-state index in [4.69, 9.17) is 23.2 Å². The van der Waals surface area contributed by atoms with Crippen LogP contribution in [0.1, 0.15) is 12.1 Å². The number of anilines is 1. The standard InChI is InChI=1S/C12H17Cl2N3/c1-16(2)9-5-6-17(8-9)12-4-3-10(14)11(7-13)15-12/h3-4,9H,5-8H2,1-2H3. The molecule has 94 valence electrons. The van der Waals surface area contributed by atoms with Gasteiger partial charge in [0, 0.05) is 19.1 Å². The number of pyridine rings is 1. The Balaban J connectivity index is 2.13. The molecule has 0 bridgehead atoms. The van der Waals surface area contributed by atoms with Gasteiger partial charge in [0.2, 0.25) is 0 Å². The second kappa shape index (κ2) is 5.42. The van der Waals surface area contributed by atoms with Crippen molar-refractivity contribution in [1.29, 1.82) is 0 Å². The van der Waals surface area contributed by atoms with Crippen LogP contribution in [0.2, 0.25) is 5.02 Å². The molecule has 2 heterocycles. The molecule has 1 aliphatic heterocycles. The van der Waals surface area contributed by atoms with Crippen LogP contribution in [0.5, 0.6) is 0 Å². The van der Waals surface area contributed by atoms with E-state index in [1.54, 1.807) is 0 Å². The summed E-state index contributed by atoms with van der Waals surface area (Å²) in [5, 5.41) is 0.645. The lowest BCUT2D eigenvalue weighted by molar-refractivity contribution is 0.315. The van der Waals surface area contributed by atoms with Gasteiger partial charge in [-0.15, -0.1) is 11.6 Å². The zero-order chi connectivity index (χ0) is 12.4. The van der Waals surface area contributed by atoms with Gasteiger partial charge in [0.15, 0.2) is 0 Å². The molecule has 2 rings (SSSR count). The fourth-order valence-corrected chi connectivity index (χ4v) is 2.56. The normalized spacial score (nSPS) is 20.3. The molecule has 1 fully saturated rings. The van der Waals surface area contributed by atoms with Crippen molar-refractivity contribution in [3.8, 4) is 0 Å². The van der Waals surface area contributed by atoms with Gasteiger partial charge in [0.1, 0.15) is 5.82 Å². The van der Waals surface area contributed by atoms with E-state index in [9.17, 15) is 0 Å². The number of hydrogen-bond donors (Lipinski definition) is 0. The molecule has 1 saturated heterocycles. The van der Waals surface area contributed by atoms with Crippen LogP contribution in [0.4, 0.5) is 5.82 Å². The zero-order valence-corrected chi connectivity index (χ0v) is 11.7. The highest BCUT2D eigenvalue weighted by Crippen LogP contribution is 2.24. The van der Waals surface area contributed by atoms with Gasteiger partial charge >= 0.3 is 0 Å². The molecule has 5 heteroatoms. The molecule has 1 unspecified atom stereocenters. The van der Waals surface area contributed by atoms with Crippen LogP contribution >= 0.6 is 23.2 Å². The Hall–Kier alpha value is -0.510. The van der Waals surface area contributed by atoms with E-state index in [2.05, 4.69) is 28.9 Å². The van der Waals surface area contributed by atoms with E-state index in [0.29, 0.717) is 16.9 Å². The van der Waals surface area contributed by atoms with Crippen molar-refractivity contribution in [2.45, 2.75) is 18.3 Å². The fourth-order valence-electron chi connectivity index (χ4n) is 2.11. The number of alkyl halides is 1. The smallest absolute Gasteiger partial charge is 0.129 e. The van der Waals surface area contributed by atoms with Crippen LogP contribution < -0.4 is 4.90 Å². The topological polar surface area (TPSA) is 19.4 Å². The minimum atomic E-state index is 0.359. The summed E-state index contributed by atoms with van der Waals surface area (Å²) >= 11 is 11.8. The molecule has 0 saturated carbocycles. The van der Waals surface area contributed by atoms with E-state index < -0.39 is 0 Å². The number of halogens is 2. The Morgan fingerprint density at radius 3 is 2.82 bits per heavy atom. The first-order valence-electron chi connectivity index (χ1n) is 5.74. The fraction of sp³-hybridized carbons (Fsp3) is 0.583. The molecule has 1 aliphatic rings. The summed E-state index contributed by atoms with van der Waals surface area (Å²) in [6, 6.07) is 4.45. The van der Waals surface area contributed by atoms with Crippen LogP contribution in [0.25, 0.3) is 0 Å². The van der Waals surface area contributed by atoms with Crippen molar-refractivity contribution in [3.05, 3.63) is 22.8 Å². The van der Waals surface area contributed by atoms with Crippen molar-refractivity contribution in [1.82, 2.24) is 9.88 Å². The van der Waals surface area contributed by atoms with Crippen molar-refractivity contribution in [2.75, 3.05) is 32.1 Å². The molecule has 0 N–H and O–H groups in total. The van der Waals surface area contributed by atoms with E-state index in [1.807, 2.05) is 12.1 Å². The molecule has 1 aromatic heterocycles. The lowest BCUT2D eigenvalue weighted by Crippen LogP contribution is -2.31. The first kappa shape index (κ1) is 12.9. The van der Waals surface area contributed by atoms with Crippen LogP contribution in [-0.4, -0.2) is 43.1 Å². The van der Waals surface area contributed by atoms with Gasteiger partial charge in [-0.05, 0) is 32.6 Å². The van der Waals surface area contributed by atoms with Gasteiger partial charge in [0.05, 0.1) is 16.6 Å². The maximum absolute atomic E-state index is 6.01. The molecular formula is C12H17Cl2N3. The average molecular weight is 274 g/mol. The zero-order valence-electron chi connectivity index (χ0n) is 10.2. The molecular weight excluding hydrogens is 257 g/mol. The van der Waals surface area contributed by atoms with Crippen molar-refractivity contribution >= 4 is 29.0 Å². The third-order valence-electron chi connectivity index (χ3n) is 3.25. The largest absolute Gasteiger partial charge is 0.355 e. The van der Waals surface area contributed by atoms with Gasteiger partial charge in [0.25, 0.3) is 0 Å². The second-order valence-corrected chi connectivity index (χ2v) is 5.26. The van der Waals surface area contributed by atoms with Gasteiger partial charge in [-0.1, -0.05) is 11.6 Å². The number of nitrogens with zero attached hydrogens (tertiary/aromatic N) is 3. The Morgan fingerprint density at radius 1 is 1.47 bits per heavy atom. The SMILES string of the molecule is CN(C)C1CCN(c2ccc(Cl)c(CCl)n2)C1. The predicted molar refractivity (Wildman–Crippen MR) is 73.1 cm³/mol. The molecule has 0 spiro atoms. The predicted octanol–water partition coefficient (Wildman–Crippen LogP) is 2.61. The highest BCUT2D eigenvalue weighted by molar-refractivity contribution is 6.32. The molecule has 3 nitrogen and oxygen atoms in total. The molecule has 0 amide bonds. The average Bonchev–Trinajstić information content (AvgIpc) is 2.79. The quantitative estimate of drug-likeness (QED) is 0.790. The maximum Gasteiger partial charge on any atom is 0.129 e. The van der Waals surface area contributed by atoms with Gasteiger partial charge in [-0.2, -0.15) is 0 Å². The Kier molecular flexibility index (Phi) is 4.13. The van der Waals surface area contributed by atoms with Crippen molar-refractivity contribution < 1.29 is 0 Å². The first-order chi connectivity index (χ1) is 8.11. The van der Waals surface area contributed by atoms with Crippen LogP contribution in [0.15, 0.2) is 12.1 Å². The molecule has 1 aromatic rings. The Bertz CT molecular complexity index is 395. The van der Waals surface area contributed by atoms with Crippen LogP contribution in [-0.2, 0) is 5.88 Å².